The number of carbonyl (C=O) groups is 1. The average molecular weight is 226 g/mol. The van der Waals surface area contributed by atoms with Crippen molar-refractivity contribution in [2.24, 2.45) is 11.7 Å². The first kappa shape index (κ1) is 11.9. The number of rotatable bonds is 1. The molecule has 2 unspecified atom stereocenters. The van der Waals surface area contributed by atoms with Gasteiger partial charge in [0.25, 0.3) is 0 Å². The molecule has 0 aromatic carbocycles. The minimum absolute atomic E-state index is 0.0392. The fraction of sp³-hybridized carbons (Fsp3) is 0.917. The second kappa shape index (κ2) is 4.34. The van der Waals surface area contributed by atoms with Gasteiger partial charge in [0.1, 0.15) is 0 Å². The van der Waals surface area contributed by atoms with E-state index in [9.17, 15) is 4.79 Å². The first-order valence-electron chi connectivity index (χ1n) is 6.17. The van der Waals surface area contributed by atoms with E-state index >= 15 is 0 Å². The Labute approximate surface area is 97.1 Å². The minimum atomic E-state index is -0.183. The van der Waals surface area contributed by atoms with Crippen LogP contribution in [-0.4, -0.2) is 42.1 Å². The SMILES string of the molecule is CC1(C)COCCN1C(=O)C1CCCC1N. The number of nitrogens with two attached hydrogens (primary N) is 1. The largest absolute Gasteiger partial charge is 0.377 e. The van der Waals surface area contributed by atoms with Crippen LogP contribution in [0, 0.1) is 5.92 Å². The zero-order chi connectivity index (χ0) is 11.8. The van der Waals surface area contributed by atoms with Gasteiger partial charge < -0.3 is 15.4 Å². The monoisotopic (exact) mass is 226 g/mol. The number of carbonyl (C=O) groups excluding carboxylic acids is 1. The smallest absolute Gasteiger partial charge is 0.227 e. The molecule has 2 aliphatic rings. The Morgan fingerprint density at radius 2 is 2.19 bits per heavy atom. The molecule has 4 heteroatoms. The van der Waals surface area contributed by atoms with Gasteiger partial charge in [0.2, 0.25) is 5.91 Å². The Morgan fingerprint density at radius 1 is 1.44 bits per heavy atom. The Morgan fingerprint density at radius 3 is 2.75 bits per heavy atom. The van der Waals surface area contributed by atoms with E-state index in [1.807, 2.05) is 4.90 Å². The first-order chi connectivity index (χ1) is 7.52. The average Bonchev–Trinajstić information content (AvgIpc) is 2.63. The summed E-state index contributed by atoms with van der Waals surface area (Å²) in [4.78, 5) is 14.4. The molecule has 2 N–H and O–H groups in total. The lowest BCUT2D eigenvalue weighted by atomic mass is 9.96. The lowest BCUT2D eigenvalue weighted by molar-refractivity contribution is -0.150. The highest BCUT2D eigenvalue weighted by atomic mass is 16.5. The summed E-state index contributed by atoms with van der Waals surface area (Å²) in [5, 5.41) is 0. The molecule has 0 spiro atoms. The Bertz CT molecular complexity index is 278. The van der Waals surface area contributed by atoms with Gasteiger partial charge in [0.15, 0.2) is 0 Å². The molecule has 92 valence electrons. The normalized spacial score (nSPS) is 34.1. The van der Waals surface area contributed by atoms with E-state index in [0.717, 1.165) is 19.3 Å². The summed E-state index contributed by atoms with van der Waals surface area (Å²) in [7, 11) is 0. The topological polar surface area (TPSA) is 55.6 Å². The second-order valence-electron chi connectivity index (χ2n) is 5.56. The number of hydrogen-bond acceptors (Lipinski definition) is 3. The Kier molecular flexibility index (Phi) is 3.22. The van der Waals surface area contributed by atoms with Crippen LogP contribution in [0.4, 0.5) is 0 Å². The Balaban J connectivity index is 2.08. The molecule has 1 aliphatic carbocycles. The fourth-order valence-corrected chi connectivity index (χ4v) is 2.76. The summed E-state index contributed by atoms with van der Waals surface area (Å²) in [6.45, 7) is 6.10. The molecule has 0 bridgehead atoms. The maximum atomic E-state index is 12.4. The van der Waals surface area contributed by atoms with Gasteiger partial charge >= 0.3 is 0 Å². The van der Waals surface area contributed by atoms with Crippen molar-refractivity contribution in [2.75, 3.05) is 19.8 Å². The van der Waals surface area contributed by atoms with Crippen LogP contribution < -0.4 is 5.73 Å². The van der Waals surface area contributed by atoms with Crippen molar-refractivity contribution in [2.45, 2.75) is 44.7 Å². The van der Waals surface area contributed by atoms with Gasteiger partial charge in [0, 0.05) is 12.6 Å². The molecule has 1 saturated heterocycles. The lowest BCUT2D eigenvalue weighted by Crippen LogP contribution is -2.58. The highest BCUT2D eigenvalue weighted by molar-refractivity contribution is 5.80. The van der Waals surface area contributed by atoms with Gasteiger partial charge in [-0.15, -0.1) is 0 Å². The number of nitrogens with zero attached hydrogens (tertiary/aromatic N) is 1. The van der Waals surface area contributed by atoms with Crippen molar-refractivity contribution in [1.29, 1.82) is 0 Å². The Hall–Kier alpha value is -0.610. The van der Waals surface area contributed by atoms with E-state index in [0.29, 0.717) is 19.8 Å². The van der Waals surface area contributed by atoms with Gasteiger partial charge in [0.05, 0.1) is 24.7 Å². The van der Waals surface area contributed by atoms with Crippen LogP contribution in [0.15, 0.2) is 0 Å². The van der Waals surface area contributed by atoms with Crippen LogP contribution in [0.1, 0.15) is 33.1 Å². The van der Waals surface area contributed by atoms with Crippen molar-refractivity contribution in [3.63, 3.8) is 0 Å². The van der Waals surface area contributed by atoms with Crippen molar-refractivity contribution >= 4 is 5.91 Å². The zero-order valence-corrected chi connectivity index (χ0v) is 10.2. The quantitative estimate of drug-likeness (QED) is 0.718. The lowest BCUT2D eigenvalue weighted by Gasteiger charge is -2.43. The standard InChI is InChI=1S/C12H22N2O2/c1-12(2)8-16-7-6-14(12)11(15)9-4-3-5-10(9)13/h9-10H,3-8,13H2,1-2H3. The highest BCUT2D eigenvalue weighted by Crippen LogP contribution is 2.29. The number of ether oxygens (including phenoxy) is 1. The molecule has 1 saturated carbocycles. The zero-order valence-electron chi connectivity index (χ0n) is 10.2. The summed E-state index contributed by atoms with van der Waals surface area (Å²) >= 11 is 0. The van der Waals surface area contributed by atoms with E-state index in [4.69, 9.17) is 10.5 Å². The van der Waals surface area contributed by atoms with Gasteiger partial charge in [-0.2, -0.15) is 0 Å². The summed E-state index contributed by atoms with van der Waals surface area (Å²) in [6.07, 6.45) is 3.02. The van der Waals surface area contributed by atoms with Crippen LogP contribution in [-0.2, 0) is 9.53 Å². The molecular formula is C12H22N2O2. The summed E-state index contributed by atoms with van der Waals surface area (Å²) < 4.78 is 5.43. The van der Waals surface area contributed by atoms with E-state index in [1.54, 1.807) is 0 Å². The van der Waals surface area contributed by atoms with Crippen LogP contribution in [0.2, 0.25) is 0 Å². The third kappa shape index (κ3) is 2.09. The molecule has 1 heterocycles. The van der Waals surface area contributed by atoms with Crippen molar-refractivity contribution in [3.05, 3.63) is 0 Å². The summed E-state index contributed by atoms with van der Waals surface area (Å²) in [5.74, 6) is 0.274. The van der Waals surface area contributed by atoms with Crippen molar-refractivity contribution < 1.29 is 9.53 Å². The fourth-order valence-electron chi connectivity index (χ4n) is 2.76. The molecule has 0 radical (unpaired) electrons. The molecule has 0 aromatic rings. The highest BCUT2D eigenvalue weighted by Gasteiger charge is 2.40. The summed E-state index contributed by atoms with van der Waals surface area (Å²) in [5.41, 5.74) is 5.81. The van der Waals surface area contributed by atoms with E-state index in [1.165, 1.54) is 0 Å². The second-order valence-corrected chi connectivity index (χ2v) is 5.56. The molecule has 16 heavy (non-hydrogen) atoms. The molecular weight excluding hydrogens is 204 g/mol. The molecule has 2 rings (SSSR count). The minimum Gasteiger partial charge on any atom is -0.377 e. The third-order valence-corrected chi connectivity index (χ3v) is 3.80. The predicted molar refractivity (Wildman–Crippen MR) is 61.9 cm³/mol. The number of hydrogen-bond donors (Lipinski definition) is 1. The van der Waals surface area contributed by atoms with Crippen LogP contribution in [0.25, 0.3) is 0 Å². The molecule has 1 amide bonds. The first-order valence-corrected chi connectivity index (χ1v) is 6.17. The predicted octanol–water partition coefficient (Wildman–Crippen LogP) is 0.751. The van der Waals surface area contributed by atoms with Crippen LogP contribution in [0.5, 0.6) is 0 Å². The van der Waals surface area contributed by atoms with E-state index in [-0.39, 0.29) is 23.4 Å². The third-order valence-electron chi connectivity index (χ3n) is 3.80. The maximum absolute atomic E-state index is 12.4. The molecule has 2 fully saturated rings. The molecule has 2 atom stereocenters. The van der Waals surface area contributed by atoms with Gasteiger partial charge in [-0.05, 0) is 26.7 Å². The van der Waals surface area contributed by atoms with Crippen LogP contribution >= 0.6 is 0 Å². The van der Waals surface area contributed by atoms with E-state index < -0.39 is 0 Å². The molecule has 1 aliphatic heterocycles. The van der Waals surface area contributed by atoms with Gasteiger partial charge in [-0.1, -0.05) is 6.42 Å². The number of amides is 1. The number of morpholine rings is 1. The molecule has 4 nitrogen and oxygen atoms in total. The maximum Gasteiger partial charge on any atom is 0.227 e. The van der Waals surface area contributed by atoms with E-state index in [2.05, 4.69) is 13.8 Å². The van der Waals surface area contributed by atoms with Crippen molar-refractivity contribution in [1.82, 2.24) is 4.90 Å². The van der Waals surface area contributed by atoms with Gasteiger partial charge in [-0.25, -0.2) is 0 Å². The van der Waals surface area contributed by atoms with Crippen molar-refractivity contribution in [3.8, 4) is 0 Å². The van der Waals surface area contributed by atoms with Gasteiger partial charge in [-0.3, -0.25) is 4.79 Å². The van der Waals surface area contributed by atoms with Crippen LogP contribution in [0.3, 0.4) is 0 Å². The molecule has 0 aromatic heterocycles. The summed E-state index contributed by atoms with van der Waals surface area (Å²) in [6, 6.07) is 0.0612.